The Balaban J connectivity index is 1.37. The summed E-state index contributed by atoms with van der Waals surface area (Å²) >= 11 is 0. The number of rotatable bonds is 9. The molecule has 6 rings (SSSR count). The van der Waals surface area contributed by atoms with Gasteiger partial charge in [-0.25, -0.2) is 23.5 Å². The normalized spacial score (nSPS) is 23.0. The Morgan fingerprint density at radius 2 is 1.66 bits per heavy atom. The van der Waals surface area contributed by atoms with Crippen molar-refractivity contribution in [2.75, 3.05) is 31.7 Å². The lowest BCUT2D eigenvalue weighted by Crippen LogP contribution is -2.57. The van der Waals surface area contributed by atoms with Gasteiger partial charge in [0.1, 0.15) is 11.9 Å². The van der Waals surface area contributed by atoms with Gasteiger partial charge in [0.05, 0.1) is 62.1 Å². The molecule has 2 aromatic carbocycles. The molecule has 2 saturated heterocycles. The Kier molecular flexibility index (Phi) is 8.83. The Bertz CT molecular complexity index is 1780. The summed E-state index contributed by atoms with van der Waals surface area (Å²) in [6.45, 7) is 1.60. The Morgan fingerprint density at radius 3 is 2.24 bits per heavy atom. The monoisotopic (exact) mass is 714 g/mol. The molecule has 3 fully saturated rings. The molecule has 0 bridgehead atoms. The lowest BCUT2D eigenvalue weighted by Gasteiger charge is -2.38. The highest BCUT2D eigenvalue weighted by Crippen LogP contribution is 2.50. The fourth-order valence-corrected chi connectivity index (χ4v) is 6.26. The molecule has 1 amide bonds. The number of nitrogens with zero attached hydrogens (tertiary/aromatic N) is 4. The van der Waals surface area contributed by atoms with Crippen LogP contribution in [0.1, 0.15) is 60.2 Å². The number of anilines is 1. The van der Waals surface area contributed by atoms with Gasteiger partial charge >= 0.3 is 24.4 Å². The first kappa shape index (κ1) is 35.1. The van der Waals surface area contributed by atoms with Crippen molar-refractivity contribution < 1.29 is 58.9 Å². The molecule has 1 saturated carbocycles. The van der Waals surface area contributed by atoms with Gasteiger partial charge in [-0.05, 0) is 67.6 Å². The Hall–Kier alpha value is -4.70. The predicted octanol–water partition coefficient (Wildman–Crippen LogP) is 7.39. The molecule has 1 aromatic heterocycles. The molecule has 0 radical (unpaired) electrons. The van der Waals surface area contributed by atoms with E-state index in [0.717, 1.165) is 10.5 Å². The minimum atomic E-state index is -5.12. The summed E-state index contributed by atoms with van der Waals surface area (Å²) in [6, 6.07) is 5.07. The highest BCUT2D eigenvalue weighted by molar-refractivity contribution is 5.79. The third-order valence-corrected chi connectivity index (χ3v) is 8.95. The van der Waals surface area contributed by atoms with E-state index < -0.39 is 66.3 Å². The van der Waals surface area contributed by atoms with Gasteiger partial charge in [0.15, 0.2) is 0 Å². The maximum atomic E-state index is 13.8. The maximum absolute atomic E-state index is 13.8. The topological polar surface area (TPSA) is 94.1 Å². The number of hydrogen-bond donors (Lipinski definition) is 0. The number of cyclic esters (lactones) is 1. The molecule has 4 atom stereocenters. The molecule has 1 aliphatic carbocycles. The molecule has 3 heterocycles. The van der Waals surface area contributed by atoms with E-state index in [1.54, 1.807) is 25.1 Å². The average Bonchev–Trinajstić information content (AvgIpc) is 3.79. The number of alkyl halides is 8. The first-order valence-corrected chi connectivity index (χ1v) is 15.5. The number of carbonyl (C=O) groups is 2. The van der Waals surface area contributed by atoms with Crippen LogP contribution in [0.15, 0.2) is 42.6 Å². The van der Waals surface area contributed by atoms with Crippen molar-refractivity contribution in [3.63, 3.8) is 0 Å². The fraction of sp³-hybridized carbons (Fsp3) is 0.455. The number of aromatic nitrogens is 2. The second kappa shape index (κ2) is 12.6. The van der Waals surface area contributed by atoms with Gasteiger partial charge in [-0.15, -0.1) is 0 Å². The molecule has 3 aromatic rings. The average molecular weight is 715 g/mol. The smallest absolute Gasteiger partial charge is 0.416 e. The lowest BCUT2D eigenvalue weighted by atomic mass is 9.96. The highest BCUT2D eigenvalue weighted by Gasteiger charge is 2.47. The van der Waals surface area contributed by atoms with Crippen LogP contribution >= 0.6 is 0 Å². The van der Waals surface area contributed by atoms with Crippen LogP contribution in [0.2, 0.25) is 0 Å². The number of carbonyl (C=O) groups excluding carboxylic acids is 2. The Morgan fingerprint density at radius 1 is 1.00 bits per heavy atom. The van der Waals surface area contributed by atoms with E-state index >= 15 is 0 Å². The van der Waals surface area contributed by atoms with Crippen LogP contribution in [0.5, 0.6) is 5.75 Å². The van der Waals surface area contributed by atoms with E-state index in [9.17, 15) is 44.7 Å². The number of halogens is 8. The zero-order chi connectivity index (χ0) is 36.3. The standard InChI is InChI=1S/C33H30F8N4O5/c1-4-49-28(46)23-11-21(23)17-5-6-26(48-3)22(9-17)24-12-42-29(44-14-31(34,35)15-44)43-25(24)13-45-16(2)27(50-30(45)47)18-7-19(32(36,37)38)10-20(8-18)33(39,40)41/h5-10,12,16,21,23,27H,4,11,13-15H2,1-3H3/t16-,21?,23?,27-/m0/s1. The van der Waals surface area contributed by atoms with Crippen molar-refractivity contribution in [3.05, 3.63) is 70.5 Å². The van der Waals surface area contributed by atoms with E-state index in [1.807, 2.05) is 0 Å². The SMILES string of the molecule is CCOC(=O)C1CC1c1ccc(OC)c(-c2cnc(N3CC(F)(F)C3)nc2CN2C(=O)O[C@H](c3cc(C(F)(F)F)cc(C(F)(F)F)c3)[C@@H]2C)c1. The number of benzene rings is 2. The van der Waals surface area contributed by atoms with Crippen LogP contribution in [0.25, 0.3) is 11.1 Å². The zero-order valence-corrected chi connectivity index (χ0v) is 26.7. The number of ether oxygens (including phenoxy) is 3. The van der Waals surface area contributed by atoms with E-state index in [4.69, 9.17) is 14.2 Å². The first-order valence-electron chi connectivity index (χ1n) is 15.5. The zero-order valence-electron chi connectivity index (χ0n) is 26.7. The van der Waals surface area contributed by atoms with Crippen molar-refractivity contribution in [1.29, 1.82) is 0 Å². The van der Waals surface area contributed by atoms with Gasteiger partial charge in [-0.1, -0.05) is 6.07 Å². The van der Waals surface area contributed by atoms with Crippen LogP contribution in [0.4, 0.5) is 45.9 Å². The number of esters is 1. The predicted molar refractivity (Wildman–Crippen MR) is 159 cm³/mol. The van der Waals surface area contributed by atoms with Crippen LogP contribution in [-0.2, 0) is 33.2 Å². The molecule has 0 spiro atoms. The third-order valence-electron chi connectivity index (χ3n) is 8.95. The lowest BCUT2D eigenvalue weighted by molar-refractivity contribution is -0.145. The summed E-state index contributed by atoms with van der Waals surface area (Å²) in [5, 5.41) is 0. The summed E-state index contributed by atoms with van der Waals surface area (Å²) in [6.07, 6.45) is -10.9. The number of hydrogen-bond acceptors (Lipinski definition) is 8. The van der Waals surface area contributed by atoms with Gasteiger partial charge < -0.3 is 19.1 Å². The van der Waals surface area contributed by atoms with Gasteiger partial charge in [0, 0.05) is 17.3 Å². The number of amides is 1. The molecule has 9 nitrogen and oxygen atoms in total. The second-order valence-corrected chi connectivity index (χ2v) is 12.4. The van der Waals surface area contributed by atoms with Gasteiger partial charge in [0.25, 0.3) is 5.92 Å². The molecule has 0 N–H and O–H groups in total. The minimum Gasteiger partial charge on any atom is -0.496 e. The van der Waals surface area contributed by atoms with Crippen molar-refractivity contribution in [3.8, 4) is 16.9 Å². The molecule has 2 unspecified atom stereocenters. The molecule has 2 aliphatic heterocycles. The molecule has 17 heteroatoms. The summed E-state index contributed by atoms with van der Waals surface area (Å²) in [5.41, 5.74) is -2.04. The molecular weight excluding hydrogens is 684 g/mol. The van der Waals surface area contributed by atoms with Crippen molar-refractivity contribution in [1.82, 2.24) is 14.9 Å². The van der Waals surface area contributed by atoms with Crippen LogP contribution in [0.3, 0.4) is 0 Å². The fourth-order valence-electron chi connectivity index (χ4n) is 6.26. The molecule has 3 aliphatic rings. The van der Waals surface area contributed by atoms with E-state index in [2.05, 4.69) is 9.97 Å². The highest BCUT2D eigenvalue weighted by atomic mass is 19.4. The Labute approximate surface area is 280 Å². The summed E-state index contributed by atoms with van der Waals surface area (Å²) in [5.74, 6) is -3.57. The second-order valence-electron chi connectivity index (χ2n) is 12.4. The van der Waals surface area contributed by atoms with Crippen LogP contribution < -0.4 is 9.64 Å². The molecule has 268 valence electrons. The van der Waals surface area contributed by atoms with E-state index in [1.165, 1.54) is 25.1 Å². The van der Waals surface area contributed by atoms with Gasteiger partial charge in [-0.3, -0.25) is 9.69 Å². The van der Waals surface area contributed by atoms with Crippen LogP contribution in [0, 0.1) is 5.92 Å². The molecule has 50 heavy (non-hydrogen) atoms. The van der Waals surface area contributed by atoms with E-state index in [-0.39, 0.29) is 48.7 Å². The summed E-state index contributed by atoms with van der Waals surface area (Å²) in [7, 11) is 1.41. The quantitative estimate of drug-likeness (QED) is 0.167. The van der Waals surface area contributed by atoms with Crippen molar-refractivity contribution in [2.45, 2.75) is 63.2 Å². The van der Waals surface area contributed by atoms with Crippen LogP contribution in [-0.4, -0.2) is 65.7 Å². The minimum absolute atomic E-state index is 0.0190. The first-order chi connectivity index (χ1) is 23.4. The largest absolute Gasteiger partial charge is 0.496 e. The number of methoxy groups -OCH3 is 1. The molecular formula is C33H30F8N4O5. The summed E-state index contributed by atoms with van der Waals surface area (Å²) in [4.78, 5) is 36.6. The van der Waals surface area contributed by atoms with Crippen molar-refractivity contribution >= 4 is 18.0 Å². The van der Waals surface area contributed by atoms with Crippen molar-refractivity contribution in [2.24, 2.45) is 5.92 Å². The van der Waals surface area contributed by atoms with E-state index in [0.29, 0.717) is 35.4 Å². The summed E-state index contributed by atoms with van der Waals surface area (Å²) < 4.78 is 125. The third kappa shape index (κ3) is 6.86. The maximum Gasteiger partial charge on any atom is 0.416 e. The van der Waals surface area contributed by atoms with Gasteiger partial charge in [-0.2, -0.15) is 26.3 Å². The van der Waals surface area contributed by atoms with Gasteiger partial charge in [0.2, 0.25) is 5.95 Å².